The number of rotatable bonds is 7. The first-order valence-electron chi connectivity index (χ1n) is 10.6. The average molecular weight is 489 g/mol. The van der Waals surface area contributed by atoms with Gasteiger partial charge in [0.2, 0.25) is 5.95 Å². The zero-order valence-electron chi connectivity index (χ0n) is 18.9. The Morgan fingerprint density at radius 3 is 2.14 bits per heavy atom. The number of nitrogens with zero attached hydrogens (tertiary/aromatic N) is 3. The van der Waals surface area contributed by atoms with Crippen LogP contribution in [0.4, 0.5) is 34.5 Å². The molecule has 9 nitrogen and oxygen atoms in total. The van der Waals surface area contributed by atoms with E-state index in [2.05, 4.69) is 25.9 Å². The number of non-ortho nitro benzene ring substituents is 1. The molecule has 0 radical (unpaired) electrons. The summed E-state index contributed by atoms with van der Waals surface area (Å²) in [4.78, 5) is 31.8. The minimum Gasteiger partial charge on any atom is -0.340 e. The summed E-state index contributed by atoms with van der Waals surface area (Å²) in [7, 11) is 0. The molecule has 1 heterocycles. The van der Waals surface area contributed by atoms with Crippen LogP contribution in [0, 0.1) is 24.0 Å². The Morgan fingerprint density at radius 1 is 0.857 bits per heavy atom. The molecule has 3 N–H and O–H groups in total. The highest BCUT2D eigenvalue weighted by molar-refractivity contribution is 6.34. The van der Waals surface area contributed by atoms with E-state index in [0.717, 1.165) is 23.1 Å². The van der Waals surface area contributed by atoms with Gasteiger partial charge in [-0.25, -0.2) is 4.98 Å². The van der Waals surface area contributed by atoms with Gasteiger partial charge in [-0.05, 0) is 56.3 Å². The van der Waals surface area contributed by atoms with Gasteiger partial charge in [0.15, 0.2) is 0 Å². The predicted molar refractivity (Wildman–Crippen MR) is 137 cm³/mol. The summed E-state index contributed by atoms with van der Waals surface area (Å²) in [6.45, 7) is 3.91. The number of nitro benzene ring substituents is 1. The number of carbonyl (C=O) groups is 1. The van der Waals surface area contributed by atoms with Gasteiger partial charge in [0, 0.05) is 41.0 Å². The van der Waals surface area contributed by atoms with Gasteiger partial charge in [0.25, 0.3) is 11.6 Å². The molecule has 0 bridgehead atoms. The highest BCUT2D eigenvalue weighted by atomic mass is 35.5. The van der Waals surface area contributed by atoms with Gasteiger partial charge >= 0.3 is 0 Å². The summed E-state index contributed by atoms with van der Waals surface area (Å²) in [5.74, 6) is 0.616. The van der Waals surface area contributed by atoms with Crippen molar-refractivity contribution in [3.63, 3.8) is 0 Å². The van der Waals surface area contributed by atoms with Crippen molar-refractivity contribution in [2.45, 2.75) is 13.8 Å². The minimum atomic E-state index is -0.569. The van der Waals surface area contributed by atoms with Gasteiger partial charge in [-0.1, -0.05) is 29.3 Å². The maximum Gasteiger partial charge on any atom is 0.270 e. The smallest absolute Gasteiger partial charge is 0.270 e. The van der Waals surface area contributed by atoms with E-state index in [4.69, 9.17) is 11.6 Å². The summed E-state index contributed by atoms with van der Waals surface area (Å²) >= 11 is 6.04. The van der Waals surface area contributed by atoms with Gasteiger partial charge in [-0.3, -0.25) is 14.9 Å². The molecule has 0 spiro atoms. The zero-order chi connectivity index (χ0) is 24.9. The third-order valence-corrected chi connectivity index (χ3v) is 5.30. The second-order valence-corrected chi connectivity index (χ2v) is 8.19. The van der Waals surface area contributed by atoms with E-state index >= 15 is 0 Å². The van der Waals surface area contributed by atoms with E-state index in [1.54, 1.807) is 24.3 Å². The molecular weight excluding hydrogens is 468 g/mol. The number of aromatic nitrogens is 2. The van der Waals surface area contributed by atoms with Gasteiger partial charge in [0.05, 0.1) is 15.5 Å². The lowest BCUT2D eigenvalue weighted by Gasteiger charge is -2.11. The molecule has 1 aromatic heterocycles. The lowest BCUT2D eigenvalue weighted by atomic mass is 10.2. The molecule has 10 heteroatoms. The van der Waals surface area contributed by atoms with Crippen molar-refractivity contribution in [1.29, 1.82) is 0 Å². The first-order valence-corrected chi connectivity index (χ1v) is 11.0. The zero-order valence-corrected chi connectivity index (χ0v) is 19.6. The first kappa shape index (κ1) is 23.7. The van der Waals surface area contributed by atoms with Crippen LogP contribution in [0.25, 0.3) is 0 Å². The van der Waals surface area contributed by atoms with Crippen molar-refractivity contribution >= 4 is 52.0 Å². The van der Waals surface area contributed by atoms with Crippen LogP contribution in [-0.2, 0) is 0 Å². The molecule has 3 aromatic carbocycles. The lowest BCUT2D eigenvalue weighted by molar-refractivity contribution is -0.384. The maximum absolute atomic E-state index is 12.5. The molecular formula is C25H21ClN6O3. The molecule has 0 aliphatic rings. The van der Waals surface area contributed by atoms with E-state index in [0.29, 0.717) is 17.5 Å². The van der Waals surface area contributed by atoms with Crippen molar-refractivity contribution in [3.05, 3.63) is 105 Å². The lowest BCUT2D eigenvalue weighted by Crippen LogP contribution is -2.12. The molecule has 4 aromatic rings. The number of anilines is 5. The summed E-state index contributed by atoms with van der Waals surface area (Å²) < 4.78 is 0. The van der Waals surface area contributed by atoms with Crippen LogP contribution in [-0.4, -0.2) is 20.8 Å². The van der Waals surface area contributed by atoms with E-state index in [1.807, 2.05) is 44.2 Å². The molecule has 1 amide bonds. The van der Waals surface area contributed by atoms with E-state index in [1.165, 1.54) is 17.7 Å². The normalized spacial score (nSPS) is 10.5. The molecule has 35 heavy (non-hydrogen) atoms. The minimum absolute atomic E-state index is 0.00386. The van der Waals surface area contributed by atoms with Crippen molar-refractivity contribution in [2.75, 3.05) is 16.0 Å². The number of hydrogen-bond acceptors (Lipinski definition) is 7. The number of nitrogens with one attached hydrogen (secondary N) is 3. The van der Waals surface area contributed by atoms with Crippen LogP contribution in [0.2, 0.25) is 5.02 Å². The summed E-state index contributed by atoms with van der Waals surface area (Å²) in [6.07, 6.45) is 0. The summed E-state index contributed by atoms with van der Waals surface area (Å²) in [6, 6.07) is 20.5. The monoisotopic (exact) mass is 488 g/mol. The number of benzene rings is 3. The molecule has 176 valence electrons. The number of nitro groups is 1. The number of amides is 1. The Kier molecular flexibility index (Phi) is 6.88. The van der Waals surface area contributed by atoms with Crippen LogP contribution in [0.15, 0.2) is 72.8 Å². The third-order valence-electron chi connectivity index (χ3n) is 4.99. The topological polar surface area (TPSA) is 122 Å². The maximum atomic E-state index is 12.5. The standard InChI is InChI=1S/C25H21ClN6O3/c1-15-3-5-19(6-4-15)30-25-27-16(2)13-23(31-25)28-17-7-9-18(10-8-17)29-24(33)21-12-11-20(32(34)35)14-22(21)26/h3-14H,1-2H3,(H,29,33)(H2,27,28,30,31). The van der Waals surface area contributed by atoms with Crippen LogP contribution in [0.1, 0.15) is 21.6 Å². The second kappa shape index (κ2) is 10.2. The fourth-order valence-electron chi connectivity index (χ4n) is 3.24. The van der Waals surface area contributed by atoms with Crippen molar-refractivity contribution in [1.82, 2.24) is 9.97 Å². The van der Waals surface area contributed by atoms with Crippen LogP contribution < -0.4 is 16.0 Å². The Hall–Kier alpha value is -4.50. The Morgan fingerprint density at radius 2 is 1.49 bits per heavy atom. The van der Waals surface area contributed by atoms with Crippen molar-refractivity contribution in [2.24, 2.45) is 0 Å². The molecule has 0 aliphatic heterocycles. The number of hydrogen-bond donors (Lipinski definition) is 3. The van der Waals surface area contributed by atoms with E-state index in [-0.39, 0.29) is 16.3 Å². The summed E-state index contributed by atoms with van der Waals surface area (Å²) in [5.41, 5.74) is 4.11. The Bertz CT molecular complexity index is 1390. The van der Waals surface area contributed by atoms with Crippen molar-refractivity contribution in [3.8, 4) is 0 Å². The fraction of sp³-hybridized carbons (Fsp3) is 0.0800. The summed E-state index contributed by atoms with van der Waals surface area (Å²) in [5, 5.41) is 20.0. The highest BCUT2D eigenvalue weighted by Crippen LogP contribution is 2.25. The van der Waals surface area contributed by atoms with Crippen LogP contribution >= 0.6 is 11.6 Å². The third kappa shape index (κ3) is 6.10. The van der Waals surface area contributed by atoms with Gasteiger partial charge < -0.3 is 16.0 Å². The molecule has 0 saturated carbocycles. The molecule has 4 rings (SSSR count). The van der Waals surface area contributed by atoms with Crippen LogP contribution in [0.3, 0.4) is 0 Å². The fourth-order valence-corrected chi connectivity index (χ4v) is 3.50. The SMILES string of the molecule is Cc1ccc(Nc2nc(C)cc(Nc3ccc(NC(=O)c4ccc([N+](=O)[O-])cc4Cl)cc3)n2)cc1. The Balaban J connectivity index is 1.43. The molecule has 0 fully saturated rings. The Labute approximate surface area is 206 Å². The molecule has 0 unspecified atom stereocenters. The first-order chi connectivity index (χ1) is 16.8. The van der Waals surface area contributed by atoms with E-state index < -0.39 is 10.8 Å². The number of halogens is 1. The van der Waals surface area contributed by atoms with Gasteiger partial charge in [0.1, 0.15) is 5.82 Å². The predicted octanol–water partition coefficient (Wildman–Crippen LogP) is 6.39. The van der Waals surface area contributed by atoms with Crippen molar-refractivity contribution < 1.29 is 9.72 Å². The quantitative estimate of drug-likeness (QED) is 0.203. The molecule has 0 aliphatic carbocycles. The number of carbonyl (C=O) groups excluding carboxylic acids is 1. The number of aryl methyl sites for hydroxylation is 2. The molecule has 0 saturated heterocycles. The highest BCUT2D eigenvalue weighted by Gasteiger charge is 2.15. The van der Waals surface area contributed by atoms with Gasteiger partial charge in [-0.2, -0.15) is 4.98 Å². The van der Waals surface area contributed by atoms with E-state index in [9.17, 15) is 14.9 Å². The largest absolute Gasteiger partial charge is 0.340 e. The second-order valence-electron chi connectivity index (χ2n) is 7.79. The van der Waals surface area contributed by atoms with Crippen LogP contribution in [0.5, 0.6) is 0 Å². The average Bonchev–Trinajstić information content (AvgIpc) is 2.81. The molecule has 0 atom stereocenters. The van der Waals surface area contributed by atoms with Gasteiger partial charge in [-0.15, -0.1) is 0 Å².